The fourth-order valence-corrected chi connectivity index (χ4v) is 4.32. The number of benzene rings is 1. The van der Waals surface area contributed by atoms with E-state index in [-0.39, 0.29) is 34.2 Å². The largest absolute Gasteiger partial charge is 0.483 e. The highest BCUT2D eigenvalue weighted by molar-refractivity contribution is 6.31. The maximum atomic E-state index is 12.9. The van der Waals surface area contributed by atoms with Gasteiger partial charge in [0.15, 0.2) is 17.8 Å². The van der Waals surface area contributed by atoms with Gasteiger partial charge in [-0.15, -0.1) is 0 Å². The predicted octanol–water partition coefficient (Wildman–Crippen LogP) is 5.53. The van der Waals surface area contributed by atoms with Crippen molar-refractivity contribution in [3.63, 3.8) is 0 Å². The molecule has 4 unspecified atom stereocenters. The van der Waals surface area contributed by atoms with Crippen LogP contribution in [0, 0.1) is 29.1 Å². The first-order valence-corrected chi connectivity index (χ1v) is 11.7. The van der Waals surface area contributed by atoms with Crippen molar-refractivity contribution in [2.75, 3.05) is 13.1 Å². The standard InChI is InChI=1S/C25H25ClF3N3O4/c1-14-8-15(2)13-32(12-14)24(34)20(10-30)22(33)16(3)35-18-4-6-19(7-5-18)36-23-21(26)9-17(11-31-23)25(27,28)29/h4-7,9,11,14-16,20H,8,12-13H2,1-3H3. The first kappa shape index (κ1) is 27.3. The number of carbonyl (C=O) groups excluding carboxylic acids is 2. The second-order valence-corrected chi connectivity index (χ2v) is 9.40. The summed E-state index contributed by atoms with van der Waals surface area (Å²) in [6, 6.07) is 8.37. The van der Waals surface area contributed by atoms with Crippen molar-refractivity contribution >= 4 is 23.3 Å². The number of hydrogen-bond donors (Lipinski definition) is 0. The predicted molar refractivity (Wildman–Crippen MR) is 124 cm³/mol. The van der Waals surface area contributed by atoms with Crippen LogP contribution in [0.4, 0.5) is 13.2 Å². The number of alkyl halides is 3. The molecular weight excluding hydrogens is 499 g/mol. The molecule has 1 aliphatic heterocycles. The molecule has 0 saturated carbocycles. The minimum Gasteiger partial charge on any atom is -0.483 e. The second-order valence-electron chi connectivity index (χ2n) is 9.00. The van der Waals surface area contributed by atoms with Crippen LogP contribution in [-0.4, -0.2) is 40.8 Å². The van der Waals surface area contributed by atoms with Crippen molar-refractivity contribution in [2.45, 2.75) is 39.5 Å². The average Bonchev–Trinajstić information content (AvgIpc) is 2.80. The van der Waals surface area contributed by atoms with E-state index in [0.717, 1.165) is 6.42 Å². The molecule has 1 aromatic heterocycles. The number of Topliss-reactive ketones (excluding diaryl/α,β-unsaturated/α-hetero) is 1. The normalized spacial score (nSPS) is 19.7. The number of pyridine rings is 1. The lowest BCUT2D eigenvalue weighted by atomic mass is 9.90. The number of nitrogens with zero attached hydrogens (tertiary/aromatic N) is 3. The average molecular weight is 524 g/mol. The molecule has 7 nitrogen and oxygen atoms in total. The lowest BCUT2D eigenvalue weighted by Gasteiger charge is -2.35. The summed E-state index contributed by atoms with van der Waals surface area (Å²) in [5, 5.41) is 9.22. The van der Waals surface area contributed by atoms with Crippen LogP contribution >= 0.6 is 11.6 Å². The van der Waals surface area contributed by atoms with Gasteiger partial charge in [-0.05, 0) is 55.5 Å². The summed E-state index contributed by atoms with van der Waals surface area (Å²) in [6.07, 6.45) is -4.06. The van der Waals surface area contributed by atoms with Gasteiger partial charge in [-0.25, -0.2) is 4.98 Å². The number of rotatable bonds is 7. The molecule has 4 atom stereocenters. The molecule has 1 fully saturated rings. The van der Waals surface area contributed by atoms with Crippen molar-refractivity contribution in [3.05, 3.63) is 47.1 Å². The van der Waals surface area contributed by atoms with Gasteiger partial charge in [-0.3, -0.25) is 9.59 Å². The van der Waals surface area contributed by atoms with E-state index in [0.29, 0.717) is 25.4 Å². The molecule has 0 bridgehead atoms. The first-order chi connectivity index (χ1) is 16.9. The molecule has 0 spiro atoms. The SMILES string of the molecule is CC1CC(C)CN(C(=O)C(C#N)C(=O)C(C)Oc2ccc(Oc3ncc(C(F)(F)F)cc3Cl)cc2)C1. The number of amides is 1. The van der Waals surface area contributed by atoms with E-state index < -0.39 is 35.5 Å². The number of likely N-dealkylation sites (tertiary alicyclic amines) is 1. The zero-order valence-electron chi connectivity index (χ0n) is 19.9. The Morgan fingerprint density at radius 3 is 2.28 bits per heavy atom. The number of halogens is 4. The Morgan fingerprint density at radius 2 is 1.75 bits per heavy atom. The third kappa shape index (κ3) is 6.66. The molecule has 1 amide bonds. The van der Waals surface area contributed by atoms with Crippen molar-refractivity contribution in [3.8, 4) is 23.4 Å². The Hall–Kier alpha value is -3.32. The summed E-state index contributed by atoms with van der Waals surface area (Å²) >= 11 is 5.85. The molecule has 1 aliphatic rings. The lowest BCUT2D eigenvalue weighted by Crippen LogP contribution is -2.48. The van der Waals surface area contributed by atoms with Gasteiger partial charge < -0.3 is 14.4 Å². The van der Waals surface area contributed by atoms with Crippen LogP contribution in [0.5, 0.6) is 17.4 Å². The summed E-state index contributed by atoms with van der Waals surface area (Å²) < 4.78 is 49.3. The van der Waals surface area contributed by atoms with Crippen molar-refractivity contribution in [1.82, 2.24) is 9.88 Å². The third-order valence-corrected chi connectivity index (χ3v) is 6.00. The van der Waals surface area contributed by atoms with Gasteiger partial charge in [0.1, 0.15) is 16.5 Å². The minimum atomic E-state index is -4.58. The minimum absolute atomic E-state index is 0.210. The van der Waals surface area contributed by atoms with E-state index in [9.17, 15) is 28.0 Å². The number of nitriles is 1. The van der Waals surface area contributed by atoms with Crippen molar-refractivity contribution < 1.29 is 32.2 Å². The van der Waals surface area contributed by atoms with Crippen LogP contribution in [0.1, 0.15) is 32.8 Å². The van der Waals surface area contributed by atoms with E-state index in [1.165, 1.54) is 31.2 Å². The summed E-state index contributed by atoms with van der Waals surface area (Å²) in [4.78, 5) is 30.9. The Bertz CT molecular complexity index is 1140. The molecule has 192 valence electrons. The van der Waals surface area contributed by atoms with E-state index in [2.05, 4.69) is 4.98 Å². The highest BCUT2D eigenvalue weighted by Crippen LogP contribution is 2.35. The van der Waals surface area contributed by atoms with Crippen LogP contribution in [0.25, 0.3) is 0 Å². The van der Waals surface area contributed by atoms with Crippen LogP contribution < -0.4 is 9.47 Å². The monoisotopic (exact) mass is 523 g/mol. The van der Waals surface area contributed by atoms with Crippen LogP contribution in [-0.2, 0) is 15.8 Å². The number of hydrogen-bond acceptors (Lipinski definition) is 6. The zero-order chi connectivity index (χ0) is 26.6. The highest BCUT2D eigenvalue weighted by atomic mass is 35.5. The Labute approximate surface area is 211 Å². The van der Waals surface area contributed by atoms with E-state index in [4.69, 9.17) is 21.1 Å². The Balaban J connectivity index is 1.62. The Morgan fingerprint density at radius 1 is 1.17 bits per heavy atom. The quantitative estimate of drug-likeness (QED) is 0.443. The molecule has 36 heavy (non-hydrogen) atoms. The number of piperidine rings is 1. The molecular formula is C25H25ClF3N3O4. The van der Waals surface area contributed by atoms with Gasteiger partial charge >= 0.3 is 6.18 Å². The van der Waals surface area contributed by atoms with E-state index in [1.807, 2.05) is 19.9 Å². The highest BCUT2D eigenvalue weighted by Gasteiger charge is 2.37. The number of ketones is 1. The molecule has 0 radical (unpaired) electrons. The molecule has 1 saturated heterocycles. The first-order valence-electron chi connectivity index (χ1n) is 11.3. The topological polar surface area (TPSA) is 92.5 Å². The molecule has 0 N–H and O–H groups in total. The zero-order valence-corrected chi connectivity index (χ0v) is 20.6. The van der Waals surface area contributed by atoms with Gasteiger partial charge in [0.25, 0.3) is 0 Å². The Kier molecular flexibility index (Phi) is 8.46. The van der Waals surface area contributed by atoms with Gasteiger partial charge in [-0.1, -0.05) is 25.4 Å². The summed E-state index contributed by atoms with van der Waals surface area (Å²) in [6.45, 7) is 6.52. The third-order valence-electron chi connectivity index (χ3n) is 5.73. The molecule has 1 aromatic carbocycles. The van der Waals surface area contributed by atoms with E-state index >= 15 is 0 Å². The number of aromatic nitrogens is 1. The second kappa shape index (κ2) is 11.2. The van der Waals surface area contributed by atoms with Crippen molar-refractivity contribution in [1.29, 1.82) is 5.26 Å². The van der Waals surface area contributed by atoms with Crippen molar-refractivity contribution in [2.24, 2.45) is 17.8 Å². The van der Waals surface area contributed by atoms with E-state index in [1.54, 1.807) is 4.90 Å². The number of ether oxygens (including phenoxy) is 2. The fraction of sp³-hybridized carbons (Fsp3) is 0.440. The maximum absolute atomic E-state index is 12.9. The van der Waals surface area contributed by atoms with Gasteiger partial charge in [-0.2, -0.15) is 18.4 Å². The van der Waals surface area contributed by atoms with Gasteiger partial charge in [0, 0.05) is 19.3 Å². The van der Waals surface area contributed by atoms with Gasteiger partial charge in [0.05, 0.1) is 11.6 Å². The molecule has 3 rings (SSSR count). The van der Waals surface area contributed by atoms with Gasteiger partial charge in [0.2, 0.25) is 11.8 Å². The molecule has 0 aliphatic carbocycles. The smallest absolute Gasteiger partial charge is 0.417 e. The summed E-state index contributed by atoms with van der Waals surface area (Å²) in [5.74, 6) is -1.78. The molecule has 2 aromatic rings. The summed E-state index contributed by atoms with van der Waals surface area (Å²) in [5.41, 5.74) is -0.999. The van der Waals surface area contributed by atoms with Crippen LogP contribution in [0.15, 0.2) is 36.5 Å². The van der Waals surface area contributed by atoms with Crippen LogP contribution in [0.2, 0.25) is 5.02 Å². The molecule has 2 heterocycles. The summed E-state index contributed by atoms with van der Waals surface area (Å²) in [7, 11) is 0. The fourth-order valence-electron chi connectivity index (χ4n) is 4.12. The maximum Gasteiger partial charge on any atom is 0.417 e. The molecule has 11 heteroatoms. The number of carbonyl (C=O) groups is 2. The van der Waals surface area contributed by atoms with Crippen LogP contribution in [0.3, 0.4) is 0 Å². The lowest BCUT2D eigenvalue weighted by molar-refractivity contribution is -0.143.